The van der Waals surface area contributed by atoms with Gasteiger partial charge in [0.15, 0.2) is 11.6 Å². The van der Waals surface area contributed by atoms with Crippen molar-refractivity contribution in [3.8, 4) is 11.5 Å². The summed E-state index contributed by atoms with van der Waals surface area (Å²) in [4.78, 5) is 58.8. The number of rotatable bonds is 7. The molecule has 0 radical (unpaired) electrons. The minimum Gasteiger partial charge on any atom is -0.484 e. The molecule has 0 unspecified atom stereocenters. The Morgan fingerprint density at radius 3 is 1.83 bits per heavy atom. The fraction of sp³-hybridized carbons (Fsp3) is 0.500. The van der Waals surface area contributed by atoms with Crippen LogP contribution >= 0.6 is 0 Å². The van der Waals surface area contributed by atoms with Gasteiger partial charge in [-0.15, -0.1) is 0 Å². The predicted octanol–water partition coefficient (Wildman–Crippen LogP) is 0.490. The van der Waals surface area contributed by atoms with E-state index in [9.17, 15) is 19.2 Å². The van der Waals surface area contributed by atoms with Crippen LogP contribution in [0.15, 0.2) is 24.3 Å². The molecule has 13 heteroatoms. The lowest BCUT2D eigenvalue weighted by Crippen LogP contribution is -2.28. The summed E-state index contributed by atoms with van der Waals surface area (Å²) in [5.74, 6) is 2.35. The van der Waals surface area contributed by atoms with Gasteiger partial charge in [-0.25, -0.2) is 9.97 Å². The number of Topliss-reactive ketones (excluding diaryl/α,β-unsaturated/α-hetero) is 2. The molecule has 0 spiro atoms. The molecule has 2 amide bonds. The Kier molecular flexibility index (Phi) is 8.86. The van der Waals surface area contributed by atoms with Crippen molar-refractivity contribution in [2.75, 3.05) is 63.2 Å². The number of aliphatic hydroxyl groups excluding tert-OH is 1. The molecule has 2 saturated heterocycles. The average molecular weight is 569 g/mol. The van der Waals surface area contributed by atoms with Gasteiger partial charge < -0.3 is 24.1 Å². The highest BCUT2D eigenvalue weighted by Crippen LogP contribution is 2.30. The second-order valence-electron chi connectivity index (χ2n) is 10.3. The Balaban J connectivity index is 0.000000166. The zero-order chi connectivity index (χ0) is 28.9. The number of nitrogens with zero attached hydrogens (tertiary/aromatic N) is 4. The van der Waals surface area contributed by atoms with E-state index >= 15 is 0 Å². The van der Waals surface area contributed by atoms with Gasteiger partial charge in [0.1, 0.15) is 43.1 Å². The number of pyridine rings is 2. The number of carbonyl (C=O) groups excluding carboxylic acids is 4. The van der Waals surface area contributed by atoms with E-state index in [4.69, 9.17) is 24.1 Å². The summed E-state index contributed by atoms with van der Waals surface area (Å²) in [5.41, 5.74) is 1.18. The summed E-state index contributed by atoms with van der Waals surface area (Å²) in [6.07, 6.45) is 1.27. The molecule has 2 aromatic heterocycles. The molecule has 2 atom stereocenters. The van der Waals surface area contributed by atoms with Gasteiger partial charge >= 0.3 is 0 Å². The number of hydrogen-bond acceptors (Lipinski definition) is 11. The van der Waals surface area contributed by atoms with Crippen LogP contribution in [-0.4, -0.2) is 91.9 Å². The van der Waals surface area contributed by atoms with Gasteiger partial charge in [0, 0.05) is 51.5 Å². The largest absolute Gasteiger partial charge is 0.484 e. The number of carbonyl (C=O) groups is 4. The second kappa shape index (κ2) is 12.7. The van der Waals surface area contributed by atoms with Gasteiger partial charge in [-0.2, -0.15) is 0 Å². The summed E-state index contributed by atoms with van der Waals surface area (Å²) < 4.78 is 20.7. The van der Waals surface area contributed by atoms with Crippen molar-refractivity contribution in [1.82, 2.24) is 9.97 Å². The molecule has 2 aromatic rings. The van der Waals surface area contributed by atoms with Crippen LogP contribution in [0.25, 0.3) is 0 Å². The van der Waals surface area contributed by atoms with E-state index in [-0.39, 0.29) is 74.7 Å². The highest BCUT2D eigenvalue weighted by molar-refractivity contribution is 5.96. The maximum Gasteiger partial charge on any atom is 0.228 e. The van der Waals surface area contributed by atoms with Crippen molar-refractivity contribution in [2.45, 2.75) is 25.7 Å². The molecule has 6 heterocycles. The Hall–Kier alpha value is -3.94. The number of ketones is 2. The molecule has 4 aliphatic heterocycles. The zero-order valence-electron chi connectivity index (χ0n) is 22.7. The Labute approximate surface area is 236 Å². The first-order chi connectivity index (χ1) is 19.8. The van der Waals surface area contributed by atoms with Crippen molar-refractivity contribution >= 4 is 35.0 Å². The van der Waals surface area contributed by atoms with Crippen LogP contribution in [0.5, 0.6) is 11.5 Å². The van der Waals surface area contributed by atoms with E-state index in [2.05, 4.69) is 9.97 Å². The quantitative estimate of drug-likeness (QED) is 0.366. The number of hydrogen-bond donors (Lipinski definition) is 1. The first kappa shape index (κ1) is 28.6. The standard InChI is InChI=1S/C15H18N2O5.C13H14N2O4/c1-20-9-21-7-10-4-15(19)17(6-10)14-3-2-13-12(16-14)5-11(18)8-22-13;16-6-8-3-13(18)15(5-8)12-2-1-11-10(14-12)4-9(17)7-19-11/h2-3,10H,4-9H2,1H3;1-2,8,16H,3-7H2/t10-;8-/m00/s1. The van der Waals surface area contributed by atoms with E-state index in [1.165, 1.54) is 0 Å². The summed E-state index contributed by atoms with van der Waals surface area (Å²) >= 11 is 0. The summed E-state index contributed by atoms with van der Waals surface area (Å²) in [5, 5.41) is 9.11. The number of ether oxygens (including phenoxy) is 4. The Morgan fingerprint density at radius 1 is 0.829 bits per heavy atom. The number of anilines is 2. The first-order valence-electron chi connectivity index (χ1n) is 13.4. The molecule has 6 rings (SSSR count). The molecule has 0 bridgehead atoms. The number of fused-ring (bicyclic) bond motifs is 2. The van der Waals surface area contributed by atoms with E-state index in [1.54, 1.807) is 41.2 Å². The van der Waals surface area contributed by atoms with Crippen LogP contribution in [0.3, 0.4) is 0 Å². The number of aromatic nitrogens is 2. The SMILES string of the molecule is COCOC[C@H]1CC(=O)N(c2ccc3c(n2)CC(=O)CO3)C1.O=C1COc2ccc(N3C[C@@H](CO)CC3=O)nc2C1. The number of amides is 2. The van der Waals surface area contributed by atoms with Crippen LogP contribution < -0.4 is 19.3 Å². The predicted molar refractivity (Wildman–Crippen MR) is 143 cm³/mol. The molecule has 2 fully saturated rings. The van der Waals surface area contributed by atoms with E-state index in [1.807, 2.05) is 0 Å². The smallest absolute Gasteiger partial charge is 0.228 e. The van der Waals surface area contributed by atoms with Crippen molar-refractivity contribution < 1.29 is 43.2 Å². The molecule has 1 N–H and O–H groups in total. The van der Waals surface area contributed by atoms with Gasteiger partial charge in [-0.05, 0) is 24.3 Å². The molecular formula is C28H32N4O9. The van der Waals surface area contributed by atoms with Gasteiger partial charge in [-0.1, -0.05) is 0 Å². The minimum atomic E-state index is -0.0467. The summed E-state index contributed by atoms with van der Waals surface area (Å²) in [6, 6.07) is 6.98. The van der Waals surface area contributed by atoms with Gasteiger partial charge in [0.25, 0.3) is 0 Å². The lowest BCUT2D eigenvalue weighted by molar-refractivity contribution is -0.122. The third kappa shape index (κ3) is 6.69. The lowest BCUT2D eigenvalue weighted by atomic mass is 10.1. The van der Waals surface area contributed by atoms with Crippen molar-refractivity contribution in [1.29, 1.82) is 0 Å². The fourth-order valence-electron chi connectivity index (χ4n) is 5.10. The molecule has 0 aliphatic carbocycles. The molecule has 13 nitrogen and oxygen atoms in total. The highest BCUT2D eigenvalue weighted by atomic mass is 16.7. The number of aliphatic hydroxyl groups is 1. The molecule has 0 saturated carbocycles. The molecule has 41 heavy (non-hydrogen) atoms. The molecule has 0 aromatic carbocycles. The monoisotopic (exact) mass is 568 g/mol. The summed E-state index contributed by atoms with van der Waals surface area (Å²) in [6.45, 7) is 1.90. The molecular weight excluding hydrogens is 536 g/mol. The van der Waals surface area contributed by atoms with Crippen LogP contribution in [0.4, 0.5) is 11.6 Å². The van der Waals surface area contributed by atoms with Crippen molar-refractivity contribution in [3.63, 3.8) is 0 Å². The first-order valence-corrected chi connectivity index (χ1v) is 13.4. The minimum absolute atomic E-state index is 0.00394. The maximum atomic E-state index is 12.2. The van der Waals surface area contributed by atoms with Crippen molar-refractivity contribution in [2.24, 2.45) is 11.8 Å². The zero-order valence-corrected chi connectivity index (χ0v) is 22.7. The van der Waals surface area contributed by atoms with Crippen LogP contribution in [0, 0.1) is 11.8 Å². The van der Waals surface area contributed by atoms with E-state index in [0.717, 1.165) is 0 Å². The lowest BCUT2D eigenvalue weighted by Gasteiger charge is -2.20. The topological polar surface area (TPSA) is 158 Å². The molecule has 218 valence electrons. The van der Waals surface area contributed by atoms with Crippen molar-refractivity contribution in [3.05, 3.63) is 35.7 Å². The third-order valence-corrected chi connectivity index (χ3v) is 7.12. The Bertz CT molecular complexity index is 1330. The van der Waals surface area contributed by atoms with Crippen LogP contribution in [-0.2, 0) is 41.5 Å². The van der Waals surface area contributed by atoms with Gasteiger partial charge in [0.05, 0.1) is 30.8 Å². The maximum absolute atomic E-state index is 12.2. The van der Waals surface area contributed by atoms with E-state index < -0.39 is 0 Å². The third-order valence-electron chi connectivity index (χ3n) is 7.12. The fourth-order valence-corrected chi connectivity index (χ4v) is 5.10. The normalized spacial score (nSPS) is 21.6. The highest BCUT2D eigenvalue weighted by Gasteiger charge is 2.33. The summed E-state index contributed by atoms with van der Waals surface area (Å²) in [7, 11) is 1.56. The van der Waals surface area contributed by atoms with Crippen LogP contribution in [0.1, 0.15) is 24.2 Å². The second-order valence-corrected chi connectivity index (χ2v) is 10.3. The molecule has 4 aliphatic rings. The average Bonchev–Trinajstić information content (AvgIpc) is 3.54. The number of methoxy groups -OCH3 is 1. The van der Waals surface area contributed by atoms with Crippen LogP contribution in [0.2, 0.25) is 0 Å². The van der Waals surface area contributed by atoms with E-state index in [0.29, 0.717) is 67.1 Å². The Morgan fingerprint density at radius 2 is 1.34 bits per heavy atom. The van der Waals surface area contributed by atoms with Gasteiger partial charge in [0.2, 0.25) is 11.8 Å². The van der Waals surface area contributed by atoms with Gasteiger partial charge in [-0.3, -0.25) is 29.0 Å².